The van der Waals surface area contributed by atoms with Crippen molar-refractivity contribution in [2.45, 2.75) is 30.0 Å². The van der Waals surface area contributed by atoms with Gasteiger partial charge >= 0.3 is 0 Å². The Kier molecular flexibility index (Phi) is 6.29. The number of hydrogen-bond donors (Lipinski definition) is 3. The van der Waals surface area contributed by atoms with Crippen LogP contribution in [0.3, 0.4) is 0 Å². The molecular weight excluding hydrogens is 446 g/mol. The number of carbonyl (C=O) groups is 2. The van der Waals surface area contributed by atoms with E-state index in [2.05, 4.69) is 15.4 Å². The minimum atomic E-state index is -3.69. The summed E-state index contributed by atoms with van der Waals surface area (Å²) in [7, 11) is -3.69. The van der Waals surface area contributed by atoms with Crippen molar-refractivity contribution in [3.8, 4) is 0 Å². The molecule has 32 heavy (non-hydrogen) atoms. The third-order valence-electron chi connectivity index (χ3n) is 5.11. The van der Waals surface area contributed by atoms with Gasteiger partial charge < -0.3 is 10.6 Å². The number of sulfonamides is 1. The van der Waals surface area contributed by atoms with Crippen LogP contribution in [0.2, 0.25) is 0 Å². The van der Waals surface area contributed by atoms with Gasteiger partial charge in [0.2, 0.25) is 5.91 Å². The summed E-state index contributed by atoms with van der Waals surface area (Å²) in [5, 5.41) is 7.49. The molecule has 0 radical (unpaired) electrons. The summed E-state index contributed by atoms with van der Waals surface area (Å²) in [6.45, 7) is 1.86. The number of anilines is 2. The molecule has 3 aromatic rings. The fourth-order valence-corrected chi connectivity index (χ4v) is 5.20. The summed E-state index contributed by atoms with van der Waals surface area (Å²) in [5.74, 6) is -0.132. The summed E-state index contributed by atoms with van der Waals surface area (Å²) >= 11 is 1.12. The smallest absolute Gasteiger partial charge is 0.271 e. The van der Waals surface area contributed by atoms with E-state index in [1.54, 1.807) is 29.6 Å². The topological polar surface area (TPSA) is 104 Å². The van der Waals surface area contributed by atoms with Gasteiger partial charge in [-0.1, -0.05) is 24.3 Å². The maximum Gasteiger partial charge on any atom is 0.271 e. The van der Waals surface area contributed by atoms with E-state index >= 15 is 0 Å². The van der Waals surface area contributed by atoms with Gasteiger partial charge in [0.25, 0.3) is 15.9 Å². The fraction of sp³-hybridized carbons (Fsp3) is 0.217. The van der Waals surface area contributed by atoms with Crippen molar-refractivity contribution in [3.63, 3.8) is 0 Å². The van der Waals surface area contributed by atoms with Gasteiger partial charge in [0.1, 0.15) is 4.21 Å². The van der Waals surface area contributed by atoms with E-state index in [9.17, 15) is 18.0 Å². The van der Waals surface area contributed by atoms with Crippen LogP contribution in [-0.2, 0) is 14.8 Å². The van der Waals surface area contributed by atoms with Crippen molar-refractivity contribution in [1.29, 1.82) is 0 Å². The first-order valence-corrected chi connectivity index (χ1v) is 12.6. The van der Waals surface area contributed by atoms with Gasteiger partial charge in [-0.3, -0.25) is 14.3 Å². The molecule has 2 aromatic carbocycles. The molecular formula is C23H23N3O4S2. The van der Waals surface area contributed by atoms with Crippen LogP contribution in [0, 0.1) is 5.92 Å². The van der Waals surface area contributed by atoms with Gasteiger partial charge in [-0.2, -0.15) is 0 Å². The molecule has 0 saturated heterocycles. The van der Waals surface area contributed by atoms with E-state index < -0.39 is 10.0 Å². The van der Waals surface area contributed by atoms with Crippen molar-refractivity contribution in [2.24, 2.45) is 5.92 Å². The third-order valence-corrected chi connectivity index (χ3v) is 7.89. The molecule has 0 bridgehead atoms. The maximum atomic E-state index is 12.7. The molecule has 1 heterocycles. The molecule has 9 heteroatoms. The number of nitrogens with one attached hydrogen (secondary N) is 3. The Balaban J connectivity index is 1.39. The Labute approximate surface area is 190 Å². The first kappa shape index (κ1) is 22.0. The normalized spacial score (nSPS) is 14.4. The fourth-order valence-electron chi connectivity index (χ4n) is 3.15. The Morgan fingerprint density at radius 3 is 2.41 bits per heavy atom. The molecule has 1 aliphatic carbocycles. The molecule has 0 spiro atoms. The van der Waals surface area contributed by atoms with Gasteiger partial charge in [-0.15, -0.1) is 11.3 Å². The van der Waals surface area contributed by atoms with Gasteiger partial charge in [0.05, 0.1) is 6.04 Å². The molecule has 1 unspecified atom stereocenters. The summed E-state index contributed by atoms with van der Waals surface area (Å²) in [6, 6.07) is 16.6. The molecule has 166 valence electrons. The lowest BCUT2D eigenvalue weighted by molar-refractivity contribution is -0.117. The summed E-state index contributed by atoms with van der Waals surface area (Å²) < 4.78 is 27.5. The highest BCUT2D eigenvalue weighted by Crippen LogP contribution is 2.30. The quantitative estimate of drug-likeness (QED) is 0.455. The van der Waals surface area contributed by atoms with Gasteiger partial charge in [-0.05, 0) is 67.1 Å². The molecule has 0 aliphatic heterocycles. The van der Waals surface area contributed by atoms with Crippen molar-refractivity contribution >= 4 is 44.5 Å². The number of rotatable bonds is 8. The Bertz CT molecular complexity index is 1220. The molecule has 1 aromatic heterocycles. The van der Waals surface area contributed by atoms with Crippen molar-refractivity contribution in [2.75, 3.05) is 10.0 Å². The number of hydrogen-bond acceptors (Lipinski definition) is 5. The number of thiophene rings is 1. The molecule has 2 amide bonds. The molecule has 4 rings (SSSR count). The SMILES string of the molecule is CC(NC(=O)c1cccc(NS(=O)(=O)c2cccs2)c1)c1ccc(NC(=O)C2CC2)cc1. The first-order chi connectivity index (χ1) is 15.3. The average Bonchev–Trinajstić information content (AvgIpc) is 3.47. The maximum absolute atomic E-state index is 12.7. The van der Waals surface area contributed by atoms with Crippen LogP contribution in [0.4, 0.5) is 11.4 Å². The van der Waals surface area contributed by atoms with Crippen molar-refractivity contribution in [3.05, 3.63) is 77.2 Å². The predicted octanol–water partition coefficient (Wildman–Crippen LogP) is 4.39. The van der Waals surface area contributed by atoms with Crippen LogP contribution in [0.5, 0.6) is 0 Å². The lowest BCUT2D eigenvalue weighted by Crippen LogP contribution is -2.26. The second-order valence-electron chi connectivity index (χ2n) is 7.70. The van der Waals surface area contributed by atoms with Gasteiger partial charge in [0.15, 0.2) is 0 Å². The number of benzene rings is 2. The van der Waals surface area contributed by atoms with Crippen LogP contribution in [-0.4, -0.2) is 20.2 Å². The molecule has 1 saturated carbocycles. The van der Waals surface area contributed by atoms with E-state index in [-0.39, 0.29) is 28.0 Å². The summed E-state index contributed by atoms with van der Waals surface area (Å²) in [5.41, 5.74) is 2.28. The summed E-state index contributed by atoms with van der Waals surface area (Å²) in [4.78, 5) is 24.6. The zero-order valence-corrected chi connectivity index (χ0v) is 19.0. The standard InChI is InChI=1S/C23H23N3O4S2/c1-15(16-9-11-19(12-10-16)25-22(27)17-7-8-17)24-23(28)18-4-2-5-20(14-18)26-32(29,30)21-6-3-13-31-21/h2-6,9-15,17,26H,7-8H2,1H3,(H,24,28)(H,25,27). The molecule has 7 nitrogen and oxygen atoms in total. The number of carbonyl (C=O) groups excluding carboxylic acids is 2. The number of amides is 2. The van der Waals surface area contributed by atoms with E-state index in [4.69, 9.17) is 0 Å². The first-order valence-electron chi connectivity index (χ1n) is 10.2. The second kappa shape index (κ2) is 9.13. The van der Waals surface area contributed by atoms with Crippen LogP contribution in [0.25, 0.3) is 0 Å². The minimum Gasteiger partial charge on any atom is -0.346 e. The molecule has 1 aliphatic rings. The highest BCUT2D eigenvalue weighted by Gasteiger charge is 2.29. The zero-order chi connectivity index (χ0) is 22.7. The lowest BCUT2D eigenvalue weighted by Gasteiger charge is -2.16. The second-order valence-corrected chi connectivity index (χ2v) is 10.6. The van der Waals surface area contributed by atoms with Crippen LogP contribution in [0.15, 0.2) is 70.3 Å². The van der Waals surface area contributed by atoms with Gasteiger partial charge in [0, 0.05) is 22.9 Å². The van der Waals surface area contributed by atoms with E-state index in [1.807, 2.05) is 31.2 Å². The zero-order valence-electron chi connectivity index (χ0n) is 17.4. The molecule has 1 fully saturated rings. The van der Waals surface area contributed by atoms with E-state index in [0.717, 1.165) is 35.4 Å². The van der Waals surface area contributed by atoms with Crippen molar-refractivity contribution < 1.29 is 18.0 Å². The monoisotopic (exact) mass is 469 g/mol. The van der Waals surface area contributed by atoms with E-state index in [1.165, 1.54) is 12.1 Å². The highest BCUT2D eigenvalue weighted by molar-refractivity contribution is 7.94. The van der Waals surface area contributed by atoms with Crippen LogP contribution < -0.4 is 15.4 Å². The van der Waals surface area contributed by atoms with Crippen LogP contribution in [0.1, 0.15) is 41.7 Å². The Hall–Kier alpha value is -3.17. The van der Waals surface area contributed by atoms with Crippen LogP contribution >= 0.6 is 11.3 Å². The third kappa shape index (κ3) is 5.35. The highest BCUT2D eigenvalue weighted by atomic mass is 32.2. The Morgan fingerprint density at radius 1 is 1.00 bits per heavy atom. The average molecular weight is 470 g/mol. The van der Waals surface area contributed by atoms with E-state index in [0.29, 0.717) is 11.3 Å². The Morgan fingerprint density at radius 2 is 1.75 bits per heavy atom. The van der Waals surface area contributed by atoms with Crippen molar-refractivity contribution in [1.82, 2.24) is 5.32 Å². The lowest BCUT2D eigenvalue weighted by atomic mass is 10.1. The minimum absolute atomic E-state index is 0.0497. The molecule has 1 atom stereocenters. The summed E-state index contributed by atoms with van der Waals surface area (Å²) in [6.07, 6.45) is 1.90. The molecule has 3 N–H and O–H groups in total. The largest absolute Gasteiger partial charge is 0.346 e. The predicted molar refractivity (Wildman–Crippen MR) is 125 cm³/mol. The van der Waals surface area contributed by atoms with Gasteiger partial charge in [-0.25, -0.2) is 8.42 Å².